The van der Waals surface area contributed by atoms with Crippen molar-refractivity contribution >= 4 is 0 Å². The summed E-state index contributed by atoms with van der Waals surface area (Å²) in [6, 6.07) is 8.31. The van der Waals surface area contributed by atoms with Crippen LogP contribution in [0.2, 0.25) is 0 Å². The van der Waals surface area contributed by atoms with Crippen LogP contribution in [0, 0.1) is 5.92 Å². The van der Waals surface area contributed by atoms with Gasteiger partial charge in [-0.1, -0.05) is 12.1 Å². The summed E-state index contributed by atoms with van der Waals surface area (Å²) in [5.41, 5.74) is 1.32. The van der Waals surface area contributed by atoms with Crippen LogP contribution in [0.3, 0.4) is 0 Å². The van der Waals surface area contributed by atoms with Crippen LogP contribution in [0.4, 0.5) is 0 Å². The number of rotatable bonds is 6. The Labute approximate surface area is 97.2 Å². The molecule has 1 heterocycles. The topological polar surface area (TPSA) is 33.3 Å². The predicted octanol–water partition coefficient (Wildman–Crippen LogP) is 1.39. The Morgan fingerprint density at radius 2 is 2.06 bits per heavy atom. The largest absolute Gasteiger partial charge is 0.494 e. The summed E-state index contributed by atoms with van der Waals surface area (Å²) >= 11 is 0. The Morgan fingerprint density at radius 1 is 1.31 bits per heavy atom. The van der Waals surface area contributed by atoms with E-state index in [-0.39, 0.29) is 0 Å². The second-order valence-corrected chi connectivity index (χ2v) is 4.23. The maximum absolute atomic E-state index is 5.40. The molecular weight excluding hydrogens is 200 g/mol. The first kappa shape index (κ1) is 11.4. The third kappa shape index (κ3) is 3.22. The van der Waals surface area contributed by atoms with Crippen molar-refractivity contribution < 1.29 is 4.74 Å². The molecule has 3 nitrogen and oxygen atoms in total. The summed E-state index contributed by atoms with van der Waals surface area (Å²) < 4.78 is 5.40. The molecule has 3 heteroatoms. The van der Waals surface area contributed by atoms with Gasteiger partial charge >= 0.3 is 0 Å². The summed E-state index contributed by atoms with van der Waals surface area (Å²) in [5.74, 6) is 1.78. The number of hydrogen-bond donors (Lipinski definition) is 2. The van der Waals surface area contributed by atoms with Crippen molar-refractivity contribution in [1.82, 2.24) is 10.6 Å². The second-order valence-electron chi connectivity index (χ2n) is 4.23. The summed E-state index contributed by atoms with van der Waals surface area (Å²) in [7, 11) is 0. The van der Waals surface area contributed by atoms with Crippen molar-refractivity contribution in [2.24, 2.45) is 5.92 Å². The predicted molar refractivity (Wildman–Crippen MR) is 65.7 cm³/mol. The molecule has 1 fully saturated rings. The highest BCUT2D eigenvalue weighted by Gasteiger charge is 2.15. The molecule has 0 radical (unpaired) electrons. The van der Waals surface area contributed by atoms with Gasteiger partial charge in [0.1, 0.15) is 5.75 Å². The van der Waals surface area contributed by atoms with Gasteiger partial charge in [-0.15, -0.1) is 0 Å². The first-order valence-electron chi connectivity index (χ1n) is 6.01. The maximum atomic E-state index is 5.40. The third-order valence-electron chi connectivity index (χ3n) is 2.86. The number of hydrogen-bond acceptors (Lipinski definition) is 3. The maximum Gasteiger partial charge on any atom is 0.119 e. The molecule has 2 rings (SSSR count). The van der Waals surface area contributed by atoms with Gasteiger partial charge < -0.3 is 15.4 Å². The Balaban J connectivity index is 1.71. The van der Waals surface area contributed by atoms with E-state index in [9.17, 15) is 0 Å². The van der Waals surface area contributed by atoms with Gasteiger partial charge in [-0.05, 0) is 30.5 Å². The highest BCUT2D eigenvalue weighted by atomic mass is 16.5. The molecule has 1 saturated heterocycles. The lowest BCUT2D eigenvalue weighted by Gasteiger charge is -2.27. The lowest BCUT2D eigenvalue weighted by atomic mass is 10.0. The normalized spacial score (nSPS) is 15.8. The SMILES string of the molecule is CCOc1ccc(CNCC2CNC2)cc1. The lowest BCUT2D eigenvalue weighted by Crippen LogP contribution is -2.47. The molecule has 88 valence electrons. The first-order valence-corrected chi connectivity index (χ1v) is 6.01. The van der Waals surface area contributed by atoms with Gasteiger partial charge in [0.05, 0.1) is 6.61 Å². The molecular formula is C13H20N2O. The van der Waals surface area contributed by atoms with Crippen LogP contribution in [-0.4, -0.2) is 26.2 Å². The van der Waals surface area contributed by atoms with Crippen LogP contribution in [0.25, 0.3) is 0 Å². The average Bonchev–Trinajstić information content (AvgIpc) is 2.24. The van der Waals surface area contributed by atoms with Crippen LogP contribution in [0.1, 0.15) is 12.5 Å². The van der Waals surface area contributed by atoms with Crippen LogP contribution < -0.4 is 15.4 Å². The minimum absolute atomic E-state index is 0.728. The molecule has 2 N–H and O–H groups in total. The Hall–Kier alpha value is -1.06. The van der Waals surface area contributed by atoms with Gasteiger partial charge in [-0.25, -0.2) is 0 Å². The summed E-state index contributed by atoms with van der Waals surface area (Å²) in [6.07, 6.45) is 0. The fourth-order valence-electron chi connectivity index (χ4n) is 1.78. The van der Waals surface area contributed by atoms with Gasteiger partial charge in [-0.3, -0.25) is 0 Å². The molecule has 0 aliphatic carbocycles. The van der Waals surface area contributed by atoms with Gasteiger partial charge in [-0.2, -0.15) is 0 Å². The zero-order chi connectivity index (χ0) is 11.2. The smallest absolute Gasteiger partial charge is 0.119 e. The van der Waals surface area contributed by atoms with Crippen molar-refractivity contribution in [2.45, 2.75) is 13.5 Å². The van der Waals surface area contributed by atoms with Crippen molar-refractivity contribution in [2.75, 3.05) is 26.2 Å². The average molecular weight is 220 g/mol. The zero-order valence-corrected chi connectivity index (χ0v) is 9.83. The van der Waals surface area contributed by atoms with Crippen LogP contribution in [0.5, 0.6) is 5.75 Å². The van der Waals surface area contributed by atoms with E-state index in [1.54, 1.807) is 0 Å². The molecule has 0 unspecified atom stereocenters. The highest BCUT2D eigenvalue weighted by Crippen LogP contribution is 2.12. The van der Waals surface area contributed by atoms with E-state index in [1.807, 2.05) is 19.1 Å². The second kappa shape index (κ2) is 5.87. The molecule has 0 atom stereocenters. The van der Waals surface area contributed by atoms with E-state index in [0.29, 0.717) is 0 Å². The van der Waals surface area contributed by atoms with Crippen LogP contribution in [-0.2, 0) is 6.54 Å². The zero-order valence-electron chi connectivity index (χ0n) is 9.83. The Bertz CT molecular complexity index is 306. The van der Waals surface area contributed by atoms with Crippen molar-refractivity contribution in [3.8, 4) is 5.75 Å². The monoisotopic (exact) mass is 220 g/mol. The molecule has 0 bridgehead atoms. The molecule has 1 aromatic carbocycles. The molecule has 1 aliphatic rings. The van der Waals surface area contributed by atoms with Gasteiger partial charge in [0.15, 0.2) is 0 Å². The van der Waals surface area contributed by atoms with Gasteiger partial charge in [0.2, 0.25) is 0 Å². The Morgan fingerprint density at radius 3 is 2.62 bits per heavy atom. The molecule has 16 heavy (non-hydrogen) atoms. The molecule has 1 aliphatic heterocycles. The van der Waals surface area contributed by atoms with E-state index in [2.05, 4.69) is 22.8 Å². The minimum Gasteiger partial charge on any atom is -0.494 e. The lowest BCUT2D eigenvalue weighted by molar-refractivity contribution is 0.331. The third-order valence-corrected chi connectivity index (χ3v) is 2.86. The van der Waals surface area contributed by atoms with Gasteiger partial charge in [0.25, 0.3) is 0 Å². The quantitative estimate of drug-likeness (QED) is 0.760. The van der Waals surface area contributed by atoms with E-state index < -0.39 is 0 Å². The fourth-order valence-corrected chi connectivity index (χ4v) is 1.78. The van der Waals surface area contributed by atoms with Crippen molar-refractivity contribution in [3.63, 3.8) is 0 Å². The van der Waals surface area contributed by atoms with E-state index in [0.717, 1.165) is 44.5 Å². The fraction of sp³-hybridized carbons (Fsp3) is 0.538. The van der Waals surface area contributed by atoms with E-state index in [1.165, 1.54) is 5.56 Å². The number of nitrogens with one attached hydrogen (secondary N) is 2. The Kier molecular flexibility index (Phi) is 4.19. The molecule has 0 saturated carbocycles. The van der Waals surface area contributed by atoms with E-state index >= 15 is 0 Å². The number of benzene rings is 1. The minimum atomic E-state index is 0.728. The summed E-state index contributed by atoms with van der Waals surface area (Å²) in [4.78, 5) is 0. The number of ether oxygens (including phenoxy) is 1. The van der Waals surface area contributed by atoms with Gasteiger partial charge in [0, 0.05) is 26.2 Å². The van der Waals surface area contributed by atoms with Crippen LogP contribution >= 0.6 is 0 Å². The highest BCUT2D eigenvalue weighted by molar-refractivity contribution is 5.27. The van der Waals surface area contributed by atoms with Crippen LogP contribution in [0.15, 0.2) is 24.3 Å². The first-order chi connectivity index (χ1) is 7.88. The summed E-state index contributed by atoms with van der Waals surface area (Å²) in [5, 5.41) is 6.75. The van der Waals surface area contributed by atoms with Crippen molar-refractivity contribution in [3.05, 3.63) is 29.8 Å². The standard InChI is InChI=1S/C13H20N2O/c1-2-16-13-5-3-11(4-6-13)7-14-8-12-9-15-10-12/h3-6,12,14-15H,2,7-10H2,1H3. The molecule has 1 aromatic rings. The molecule has 0 amide bonds. The summed E-state index contributed by atoms with van der Waals surface area (Å²) in [6.45, 7) is 7.12. The molecule has 0 spiro atoms. The molecule has 0 aromatic heterocycles. The van der Waals surface area contributed by atoms with Crippen molar-refractivity contribution in [1.29, 1.82) is 0 Å². The van der Waals surface area contributed by atoms with E-state index in [4.69, 9.17) is 4.74 Å².